The van der Waals surface area contributed by atoms with Crippen LogP contribution in [-0.4, -0.2) is 36.9 Å². The number of hydrogen-bond acceptors (Lipinski definition) is 7. The number of aliphatic hydroxyl groups is 1. The first-order valence-electron chi connectivity index (χ1n) is 11.7. The second-order valence-corrected chi connectivity index (χ2v) is 11.1. The Morgan fingerprint density at radius 1 is 1.18 bits per heavy atom. The first-order valence-corrected chi connectivity index (χ1v) is 13.1. The summed E-state index contributed by atoms with van der Waals surface area (Å²) in [4.78, 5) is 2.24. The molecule has 0 amide bonds. The third-order valence-electron chi connectivity index (χ3n) is 6.21. The van der Waals surface area contributed by atoms with Crippen LogP contribution in [0.5, 0.6) is 0 Å². The van der Waals surface area contributed by atoms with Crippen molar-refractivity contribution in [2.24, 2.45) is 5.92 Å². The van der Waals surface area contributed by atoms with E-state index in [4.69, 9.17) is 4.63 Å². The summed E-state index contributed by atoms with van der Waals surface area (Å²) in [6, 6.07) is 12.7. The molecule has 34 heavy (non-hydrogen) atoms. The number of benzene rings is 2. The molecule has 2 heterocycles. The maximum atomic E-state index is 13.8. The molecule has 1 aromatic heterocycles. The van der Waals surface area contributed by atoms with Crippen molar-refractivity contribution in [1.29, 1.82) is 0 Å². The van der Waals surface area contributed by atoms with Gasteiger partial charge in [-0.25, -0.2) is 13.0 Å². The van der Waals surface area contributed by atoms with Crippen LogP contribution >= 0.6 is 0 Å². The van der Waals surface area contributed by atoms with E-state index in [0.29, 0.717) is 43.0 Å². The molecular formula is C25H32N4O4S. The quantitative estimate of drug-likeness (QED) is 0.511. The molecule has 0 aliphatic carbocycles. The predicted octanol–water partition coefficient (Wildman–Crippen LogP) is 4.24. The predicted molar refractivity (Wildman–Crippen MR) is 131 cm³/mol. The van der Waals surface area contributed by atoms with Gasteiger partial charge in [0.05, 0.1) is 23.2 Å². The number of aromatic nitrogens is 2. The summed E-state index contributed by atoms with van der Waals surface area (Å²) < 4.78 is 33.9. The number of aliphatic hydroxyl groups excluding tert-OH is 1. The summed E-state index contributed by atoms with van der Waals surface area (Å²) in [6.07, 6.45) is 0.648. The summed E-state index contributed by atoms with van der Waals surface area (Å²) >= 11 is 0. The number of nitrogens with zero attached hydrogens (tertiary/aromatic N) is 4. The molecule has 1 aliphatic heterocycles. The Balaban J connectivity index is 1.70. The van der Waals surface area contributed by atoms with Crippen molar-refractivity contribution < 1.29 is 18.2 Å². The fourth-order valence-electron chi connectivity index (χ4n) is 4.24. The van der Waals surface area contributed by atoms with Gasteiger partial charge in [-0.3, -0.25) is 4.31 Å². The lowest BCUT2D eigenvalue weighted by Crippen LogP contribution is -2.35. The first-order chi connectivity index (χ1) is 16.2. The van der Waals surface area contributed by atoms with Gasteiger partial charge in [0.15, 0.2) is 0 Å². The molecule has 3 aromatic rings. The van der Waals surface area contributed by atoms with Gasteiger partial charge >= 0.3 is 0 Å². The topological polar surface area (TPSA) is 99.8 Å². The normalized spacial score (nSPS) is 16.1. The van der Waals surface area contributed by atoms with E-state index in [1.807, 2.05) is 45.0 Å². The Morgan fingerprint density at radius 2 is 1.91 bits per heavy atom. The maximum absolute atomic E-state index is 13.8. The zero-order valence-corrected chi connectivity index (χ0v) is 20.9. The van der Waals surface area contributed by atoms with Crippen molar-refractivity contribution in [3.8, 4) is 0 Å². The highest BCUT2D eigenvalue weighted by molar-refractivity contribution is 7.92. The molecule has 182 valence electrons. The highest BCUT2D eigenvalue weighted by atomic mass is 32.2. The van der Waals surface area contributed by atoms with Crippen LogP contribution in [0.15, 0.2) is 52.0 Å². The smallest absolute Gasteiger partial charge is 0.264 e. The van der Waals surface area contributed by atoms with Gasteiger partial charge < -0.3 is 10.0 Å². The van der Waals surface area contributed by atoms with Gasteiger partial charge in [-0.05, 0) is 61.6 Å². The van der Waals surface area contributed by atoms with Crippen molar-refractivity contribution >= 4 is 21.4 Å². The minimum atomic E-state index is -3.83. The Morgan fingerprint density at radius 3 is 2.53 bits per heavy atom. The molecule has 4 rings (SSSR count). The molecule has 8 nitrogen and oxygen atoms in total. The molecule has 0 saturated carbocycles. The third-order valence-corrected chi connectivity index (χ3v) is 8.00. The summed E-state index contributed by atoms with van der Waals surface area (Å²) in [7, 11) is -3.83. The van der Waals surface area contributed by atoms with Gasteiger partial charge in [0.2, 0.25) is 0 Å². The van der Waals surface area contributed by atoms with Crippen LogP contribution < -0.4 is 9.21 Å². The van der Waals surface area contributed by atoms with Crippen molar-refractivity contribution in [3.63, 3.8) is 0 Å². The van der Waals surface area contributed by atoms with E-state index in [1.165, 1.54) is 4.31 Å². The number of fused-ring (bicyclic) bond motifs is 1. The molecule has 1 atom stereocenters. The molecule has 9 heteroatoms. The van der Waals surface area contributed by atoms with E-state index >= 15 is 0 Å². The van der Waals surface area contributed by atoms with Crippen molar-refractivity contribution in [2.45, 2.75) is 58.1 Å². The number of aryl methyl sites for hydroxylation is 2. The average Bonchev–Trinajstić information content (AvgIpc) is 3.23. The summed E-state index contributed by atoms with van der Waals surface area (Å²) in [6.45, 7) is 9.35. The van der Waals surface area contributed by atoms with Crippen LogP contribution in [0, 0.1) is 12.8 Å². The van der Waals surface area contributed by atoms with Crippen LogP contribution in [0.2, 0.25) is 0 Å². The van der Waals surface area contributed by atoms with Gasteiger partial charge in [-0.1, -0.05) is 43.2 Å². The largest absolute Gasteiger partial charge is 0.388 e. The maximum Gasteiger partial charge on any atom is 0.264 e. The van der Waals surface area contributed by atoms with Gasteiger partial charge in [0.1, 0.15) is 11.4 Å². The standard InChI is InChI=1S/C25H32N4O4S/c1-5-19-6-8-20(9-7-19)29(15-17(2)3)34(31,32)21-10-11-24-22(14-21)25(30)12-13-28(24)16-23-18(4)26-33-27-23/h6-11,14,17,25,30H,5,12-13,15-16H2,1-4H3. The fraction of sp³-hybridized carbons (Fsp3) is 0.440. The Kier molecular flexibility index (Phi) is 6.95. The van der Waals surface area contributed by atoms with Crippen LogP contribution in [-0.2, 0) is 23.0 Å². The number of anilines is 2. The zero-order valence-electron chi connectivity index (χ0n) is 20.1. The second-order valence-electron chi connectivity index (χ2n) is 9.19. The lowest BCUT2D eigenvalue weighted by molar-refractivity contribution is 0.163. The van der Waals surface area contributed by atoms with E-state index in [-0.39, 0.29) is 10.8 Å². The highest BCUT2D eigenvalue weighted by Gasteiger charge is 2.30. The van der Waals surface area contributed by atoms with E-state index < -0.39 is 16.1 Å². The van der Waals surface area contributed by atoms with Crippen molar-refractivity contribution in [2.75, 3.05) is 22.3 Å². The molecule has 0 fully saturated rings. The Hall–Kier alpha value is -2.91. The Labute approximate surface area is 201 Å². The molecule has 1 unspecified atom stereocenters. The number of hydrogen-bond donors (Lipinski definition) is 1. The van der Waals surface area contributed by atoms with Crippen LogP contribution in [0.4, 0.5) is 11.4 Å². The molecule has 1 N–H and O–H groups in total. The molecule has 0 bridgehead atoms. The zero-order chi connectivity index (χ0) is 24.5. The van der Waals surface area contributed by atoms with Gasteiger partial charge in [-0.2, -0.15) is 0 Å². The van der Waals surface area contributed by atoms with Gasteiger partial charge in [-0.15, -0.1) is 0 Å². The monoisotopic (exact) mass is 484 g/mol. The summed E-state index contributed by atoms with van der Waals surface area (Å²) in [5.41, 5.74) is 4.62. The summed E-state index contributed by atoms with van der Waals surface area (Å²) in [5.74, 6) is 0.138. The average molecular weight is 485 g/mol. The van der Waals surface area contributed by atoms with Crippen LogP contribution in [0.1, 0.15) is 55.8 Å². The van der Waals surface area contributed by atoms with E-state index in [0.717, 1.165) is 23.4 Å². The van der Waals surface area contributed by atoms with Crippen molar-refractivity contribution in [1.82, 2.24) is 10.3 Å². The lowest BCUT2D eigenvalue weighted by Gasteiger charge is -2.34. The summed E-state index contributed by atoms with van der Waals surface area (Å²) in [5, 5.41) is 18.5. The van der Waals surface area contributed by atoms with Crippen LogP contribution in [0.25, 0.3) is 0 Å². The first kappa shape index (κ1) is 24.2. The van der Waals surface area contributed by atoms with E-state index in [2.05, 4.69) is 22.1 Å². The van der Waals surface area contributed by atoms with Gasteiger partial charge in [0.25, 0.3) is 10.0 Å². The minimum absolute atomic E-state index is 0.138. The number of rotatable bonds is 8. The van der Waals surface area contributed by atoms with E-state index in [9.17, 15) is 13.5 Å². The highest BCUT2D eigenvalue weighted by Crippen LogP contribution is 2.37. The van der Waals surface area contributed by atoms with Gasteiger partial charge in [0, 0.05) is 24.3 Å². The second kappa shape index (κ2) is 9.76. The molecule has 2 aromatic carbocycles. The minimum Gasteiger partial charge on any atom is -0.388 e. The lowest BCUT2D eigenvalue weighted by atomic mass is 9.98. The molecule has 0 saturated heterocycles. The molecule has 0 radical (unpaired) electrons. The molecule has 0 spiro atoms. The SMILES string of the molecule is CCc1ccc(N(CC(C)C)S(=O)(=O)c2ccc3c(c2)C(O)CCN3Cc2nonc2C)cc1. The number of sulfonamides is 1. The molecular weight excluding hydrogens is 452 g/mol. The third kappa shape index (κ3) is 4.81. The Bertz CT molecular complexity index is 1240. The fourth-order valence-corrected chi connectivity index (χ4v) is 5.90. The molecule has 1 aliphatic rings. The van der Waals surface area contributed by atoms with Crippen LogP contribution in [0.3, 0.4) is 0 Å². The van der Waals surface area contributed by atoms with E-state index in [1.54, 1.807) is 18.2 Å². The van der Waals surface area contributed by atoms with Crippen molar-refractivity contribution in [3.05, 3.63) is 65.0 Å².